The summed E-state index contributed by atoms with van der Waals surface area (Å²) in [6.07, 6.45) is -4.77. The van der Waals surface area contributed by atoms with E-state index in [0.29, 0.717) is 17.1 Å². The van der Waals surface area contributed by atoms with Gasteiger partial charge in [-0.3, -0.25) is 4.79 Å². The molecule has 152 valence electrons. The highest BCUT2D eigenvalue weighted by molar-refractivity contribution is 5.83. The molecule has 0 spiro atoms. The molecule has 4 rings (SSSR count). The van der Waals surface area contributed by atoms with Crippen LogP contribution in [0.25, 0.3) is 22.2 Å². The number of halogens is 5. The van der Waals surface area contributed by atoms with Crippen LogP contribution in [-0.4, -0.2) is 29.0 Å². The number of nitrogens with zero attached hydrogens (tertiary/aromatic N) is 2. The van der Waals surface area contributed by atoms with Gasteiger partial charge in [0.1, 0.15) is 5.82 Å². The first-order valence-electron chi connectivity index (χ1n) is 8.96. The Morgan fingerprint density at radius 2 is 1.76 bits per heavy atom. The van der Waals surface area contributed by atoms with Gasteiger partial charge in [-0.05, 0) is 18.2 Å². The van der Waals surface area contributed by atoms with E-state index in [1.165, 1.54) is 11.0 Å². The third-order valence-electron chi connectivity index (χ3n) is 5.02. The van der Waals surface area contributed by atoms with Crippen LogP contribution in [0.5, 0.6) is 0 Å². The number of nitrogens with one attached hydrogen (secondary N) is 1. The maximum absolute atomic E-state index is 13.5. The standard InChI is InChI=1S/C20H16F5N3O/c21-19(22)5-7-28(8-6-19)18-14(9-12(11-26-18)20(23,24)25)16-10-17(29)13-3-1-2-4-15(13)27-16/h1-4,9-11H,5-8H2,(H,27,29). The number of rotatable bonds is 2. The lowest BCUT2D eigenvalue weighted by Gasteiger charge is -2.33. The summed E-state index contributed by atoms with van der Waals surface area (Å²) in [6, 6.07) is 8.73. The summed E-state index contributed by atoms with van der Waals surface area (Å²) < 4.78 is 66.8. The SMILES string of the molecule is O=c1cc(-c2cc(C(F)(F)F)cnc2N2CCC(F)(F)CC2)[nH]c2ccccc12. The van der Waals surface area contributed by atoms with E-state index in [2.05, 4.69) is 9.97 Å². The van der Waals surface area contributed by atoms with Gasteiger partial charge in [0.15, 0.2) is 5.43 Å². The fourth-order valence-corrected chi connectivity index (χ4v) is 3.45. The van der Waals surface area contributed by atoms with Gasteiger partial charge in [-0.2, -0.15) is 13.2 Å². The zero-order valence-corrected chi connectivity index (χ0v) is 15.1. The van der Waals surface area contributed by atoms with E-state index in [1.54, 1.807) is 24.3 Å². The molecule has 0 atom stereocenters. The highest BCUT2D eigenvalue weighted by Gasteiger charge is 2.36. The highest BCUT2D eigenvalue weighted by Crippen LogP contribution is 2.38. The Kier molecular flexibility index (Phi) is 4.55. The van der Waals surface area contributed by atoms with Crippen molar-refractivity contribution >= 4 is 16.7 Å². The third-order valence-corrected chi connectivity index (χ3v) is 5.02. The predicted octanol–water partition coefficient (Wildman–Crippen LogP) is 4.84. The largest absolute Gasteiger partial charge is 0.417 e. The molecular formula is C20H16F5N3O. The molecule has 3 aromatic rings. The summed E-state index contributed by atoms with van der Waals surface area (Å²) in [5, 5.41) is 0.398. The van der Waals surface area contributed by atoms with Crippen LogP contribution in [0.1, 0.15) is 18.4 Å². The van der Waals surface area contributed by atoms with E-state index < -0.39 is 30.5 Å². The summed E-state index contributed by atoms with van der Waals surface area (Å²) in [6.45, 7) is -0.0909. The monoisotopic (exact) mass is 409 g/mol. The zero-order chi connectivity index (χ0) is 20.8. The Morgan fingerprint density at radius 1 is 1.07 bits per heavy atom. The minimum absolute atomic E-state index is 0.0455. The van der Waals surface area contributed by atoms with Crippen LogP contribution in [-0.2, 0) is 6.18 Å². The topological polar surface area (TPSA) is 49.0 Å². The lowest BCUT2D eigenvalue weighted by atomic mass is 10.0. The van der Waals surface area contributed by atoms with Crippen molar-refractivity contribution in [1.29, 1.82) is 0 Å². The number of para-hydroxylation sites is 1. The number of piperidine rings is 1. The third kappa shape index (κ3) is 3.81. The van der Waals surface area contributed by atoms with Crippen LogP contribution in [0.3, 0.4) is 0 Å². The Morgan fingerprint density at radius 3 is 2.45 bits per heavy atom. The van der Waals surface area contributed by atoms with Gasteiger partial charge in [-0.15, -0.1) is 0 Å². The number of alkyl halides is 5. The molecule has 1 aliphatic heterocycles. The van der Waals surface area contributed by atoms with Gasteiger partial charge >= 0.3 is 6.18 Å². The molecule has 1 N–H and O–H groups in total. The molecule has 0 radical (unpaired) electrons. The van der Waals surface area contributed by atoms with Crippen molar-refractivity contribution in [2.24, 2.45) is 0 Å². The van der Waals surface area contributed by atoms with Gasteiger partial charge in [0, 0.05) is 54.7 Å². The fourth-order valence-electron chi connectivity index (χ4n) is 3.45. The summed E-state index contributed by atoms with van der Waals surface area (Å²) in [5.74, 6) is -2.67. The van der Waals surface area contributed by atoms with E-state index in [-0.39, 0.29) is 35.6 Å². The van der Waals surface area contributed by atoms with Crippen LogP contribution < -0.4 is 10.3 Å². The van der Waals surface area contributed by atoms with Gasteiger partial charge in [0.25, 0.3) is 5.92 Å². The minimum atomic E-state index is -4.63. The molecule has 1 saturated heterocycles. The van der Waals surface area contributed by atoms with Gasteiger partial charge in [-0.1, -0.05) is 12.1 Å². The molecule has 4 nitrogen and oxygen atoms in total. The van der Waals surface area contributed by atoms with Crippen molar-refractivity contribution in [3.63, 3.8) is 0 Å². The second-order valence-electron chi connectivity index (χ2n) is 7.03. The molecule has 0 saturated carbocycles. The summed E-state index contributed by atoms with van der Waals surface area (Å²) in [5.41, 5.74) is -0.674. The summed E-state index contributed by atoms with van der Waals surface area (Å²) in [7, 11) is 0. The Bertz CT molecular complexity index is 1110. The number of anilines is 1. The van der Waals surface area contributed by atoms with Crippen molar-refractivity contribution in [3.05, 3.63) is 58.4 Å². The number of fused-ring (bicyclic) bond motifs is 1. The number of hydrogen-bond donors (Lipinski definition) is 1. The average molecular weight is 409 g/mol. The van der Waals surface area contributed by atoms with Crippen molar-refractivity contribution in [2.45, 2.75) is 24.9 Å². The van der Waals surface area contributed by atoms with E-state index in [0.717, 1.165) is 6.07 Å². The fraction of sp³-hybridized carbons (Fsp3) is 0.300. The smallest absolute Gasteiger partial charge is 0.356 e. The van der Waals surface area contributed by atoms with Crippen LogP contribution in [0.4, 0.5) is 27.8 Å². The normalized spacial score (nSPS) is 16.9. The van der Waals surface area contributed by atoms with Crippen molar-refractivity contribution in [3.8, 4) is 11.3 Å². The first-order valence-corrected chi connectivity index (χ1v) is 8.96. The molecule has 0 amide bonds. The minimum Gasteiger partial charge on any atom is -0.356 e. The van der Waals surface area contributed by atoms with Crippen LogP contribution in [0.15, 0.2) is 47.4 Å². The van der Waals surface area contributed by atoms with Gasteiger partial charge < -0.3 is 9.88 Å². The second-order valence-corrected chi connectivity index (χ2v) is 7.03. The lowest BCUT2D eigenvalue weighted by molar-refractivity contribution is -0.137. The molecule has 1 aliphatic rings. The van der Waals surface area contributed by atoms with Gasteiger partial charge in [0.05, 0.1) is 11.3 Å². The molecule has 2 aromatic heterocycles. The molecule has 1 aromatic carbocycles. The molecular weight excluding hydrogens is 393 g/mol. The number of aromatic amines is 1. The number of benzene rings is 1. The molecule has 3 heterocycles. The number of pyridine rings is 2. The molecule has 1 fully saturated rings. The number of aromatic nitrogens is 2. The van der Waals surface area contributed by atoms with Crippen LogP contribution in [0.2, 0.25) is 0 Å². The van der Waals surface area contributed by atoms with E-state index in [1.807, 2.05) is 0 Å². The summed E-state index contributed by atoms with van der Waals surface area (Å²) in [4.78, 5) is 20.9. The first-order chi connectivity index (χ1) is 13.6. The number of H-pyrrole nitrogens is 1. The second kappa shape index (κ2) is 6.82. The Balaban J connectivity index is 1.87. The average Bonchev–Trinajstić information content (AvgIpc) is 2.67. The van der Waals surface area contributed by atoms with Crippen LogP contribution >= 0.6 is 0 Å². The van der Waals surface area contributed by atoms with E-state index in [9.17, 15) is 26.7 Å². The quantitative estimate of drug-likeness (QED) is 0.616. The Labute approximate surface area is 162 Å². The zero-order valence-electron chi connectivity index (χ0n) is 15.1. The van der Waals surface area contributed by atoms with Gasteiger partial charge in [0.2, 0.25) is 0 Å². The van der Waals surface area contributed by atoms with Crippen molar-refractivity contribution < 1.29 is 22.0 Å². The van der Waals surface area contributed by atoms with Gasteiger partial charge in [-0.25, -0.2) is 13.8 Å². The van der Waals surface area contributed by atoms with Crippen molar-refractivity contribution in [1.82, 2.24) is 9.97 Å². The van der Waals surface area contributed by atoms with Crippen molar-refractivity contribution in [2.75, 3.05) is 18.0 Å². The maximum Gasteiger partial charge on any atom is 0.417 e. The van der Waals surface area contributed by atoms with Crippen LogP contribution in [0, 0.1) is 0 Å². The molecule has 0 unspecified atom stereocenters. The number of hydrogen-bond acceptors (Lipinski definition) is 3. The molecule has 29 heavy (non-hydrogen) atoms. The van der Waals surface area contributed by atoms with E-state index in [4.69, 9.17) is 0 Å². The Hall–Kier alpha value is -2.97. The molecule has 9 heteroatoms. The summed E-state index contributed by atoms with van der Waals surface area (Å²) >= 11 is 0. The molecule has 0 bridgehead atoms. The maximum atomic E-state index is 13.5. The lowest BCUT2D eigenvalue weighted by Crippen LogP contribution is -2.40. The first kappa shape index (κ1) is 19.4. The molecule has 0 aliphatic carbocycles. The highest BCUT2D eigenvalue weighted by atomic mass is 19.4. The predicted molar refractivity (Wildman–Crippen MR) is 99.2 cm³/mol. The van der Waals surface area contributed by atoms with E-state index >= 15 is 0 Å².